The van der Waals surface area contributed by atoms with E-state index in [1.54, 1.807) is 0 Å². The van der Waals surface area contributed by atoms with Crippen LogP contribution in [0.3, 0.4) is 0 Å². The van der Waals surface area contributed by atoms with Gasteiger partial charge in [0.2, 0.25) is 0 Å². The fourth-order valence-electron chi connectivity index (χ4n) is 4.50. The molecule has 0 heterocycles. The monoisotopic (exact) mass is 846 g/mol. The first-order valence-electron chi connectivity index (χ1n) is 19.0. The fourth-order valence-corrected chi connectivity index (χ4v) is 5.87. The minimum atomic E-state index is -0.799. The zero-order valence-corrected chi connectivity index (χ0v) is 38.0. The summed E-state index contributed by atoms with van der Waals surface area (Å²) < 4.78 is 1.50. The van der Waals surface area contributed by atoms with Crippen LogP contribution < -0.4 is 0 Å². The van der Waals surface area contributed by atoms with Gasteiger partial charge in [0.1, 0.15) is 0 Å². The van der Waals surface area contributed by atoms with Crippen LogP contribution in [0.1, 0.15) is 183 Å². The van der Waals surface area contributed by atoms with Gasteiger partial charge in [0.05, 0.1) is 15.7 Å². The first-order valence-corrected chi connectivity index (χ1v) is 22.8. The summed E-state index contributed by atoms with van der Waals surface area (Å²) in [6.45, 7) is 15.5. The first kappa shape index (κ1) is 55.0. The Balaban J connectivity index is -0.000000271. The van der Waals surface area contributed by atoms with Crippen LogP contribution in [-0.4, -0.2) is 71.5 Å². The molecule has 3 N–H and O–H groups in total. The molecule has 0 saturated heterocycles. The van der Waals surface area contributed by atoms with E-state index in [1.165, 1.54) is 104 Å². The summed E-state index contributed by atoms with van der Waals surface area (Å²) in [7, 11) is 0. The summed E-state index contributed by atoms with van der Waals surface area (Å²) in [4.78, 5) is 31.2. The number of carboxylic acid groups (broad SMARTS) is 3. The average molecular weight is 846 g/mol. The van der Waals surface area contributed by atoms with Crippen molar-refractivity contribution in [1.29, 1.82) is 0 Å². The van der Waals surface area contributed by atoms with Gasteiger partial charge < -0.3 is 15.3 Å². The van der Waals surface area contributed by atoms with Gasteiger partial charge in [-0.1, -0.05) is 119 Å². The molecule has 3 atom stereocenters. The molecule has 10 heteroatoms. The van der Waals surface area contributed by atoms with Gasteiger partial charge in [0.25, 0.3) is 0 Å². The van der Waals surface area contributed by atoms with Crippen molar-refractivity contribution in [2.45, 2.75) is 203 Å². The molecular formula is C38H78O6S3Sn. The van der Waals surface area contributed by atoms with Crippen LogP contribution in [0.4, 0.5) is 0 Å². The van der Waals surface area contributed by atoms with E-state index in [4.69, 9.17) is 15.3 Å². The molecule has 6 nitrogen and oxygen atoms in total. The quantitative estimate of drug-likeness (QED) is 0.0279. The van der Waals surface area contributed by atoms with E-state index in [0.717, 1.165) is 56.3 Å². The molecule has 0 amide bonds. The van der Waals surface area contributed by atoms with Gasteiger partial charge in [-0.3, -0.25) is 14.4 Å². The summed E-state index contributed by atoms with van der Waals surface area (Å²) in [6.07, 6.45) is 24.5. The van der Waals surface area contributed by atoms with E-state index in [2.05, 4.69) is 86.4 Å². The van der Waals surface area contributed by atoms with Gasteiger partial charge in [0, 0.05) is 0 Å². The molecule has 3 unspecified atom stereocenters. The van der Waals surface area contributed by atoms with Gasteiger partial charge in [-0.2, -0.15) is 37.9 Å². The number of hydrogen-bond donors (Lipinski definition) is 6. The van der Waals surface area contributed by atoms with Crippen molar-refractivity contribution in [2.24, 2.45) is 17.8 Å². The molecule has 0 saturated carbocycles. The molecule has 0 aliphatic rings. The van der Waals surface area contributed by atoms with E-state index in [0.29, 0.717) is 19.3 Å². The molecule has 0 aromatic rings. The van der Waals surface area contributed by atoms with E-state index < -0.39 is 33.7 Å². The third-order valence-electron chi connectivity index (χ3n) is 7.69. The maximum atomic E-state index is 10.4. The van der Waals surface area contributed by atoms with Crippen molar-refractivity contribution in [3.63, 3.8) is 0 Å². The topological polar surface area (TPSA) is 112 Å². The Hall–Kier alpha value is 0.259. The standard InChI is InChI=1S/3C10H20O2S.C8H17.Sn.H/c3*1-8(2)6-4-3-5-7-9(13)10(11)12;1-3-5-7-8-6-4-2;;/h3*8-9,13H,3-7H2,1-2H3,(H,11,12);1,3-8H2,2H3;;. The van der Waals surface area contributed by atoms with E-state index >= 15 is 0 Å². The Kier molecular flexibility index (Phi) is 47.8. The molecule has 0 aliphatic heterocycles. The SMILES string of the molecule is CC(C)CCCCCC(S)C(=O)O.CC(C)CCCCCC(S)C(=O)O.CC(C)CCCCCC(S)C(=O)O.CCCCCCC[CH2][SnH]. The predicted molar refractivity (Wildman–Crippen MR) is 220 cm³/mol. The number of carbonyl (C=O) groups is 3. The average Bonchev–Trinajstić information content (AvgIpc) is 3.00. The second-order valence-corrected chi connectivity index (χ2v) is 17.7. The van der Waals surface area contributed by atoms with Crippen molar-refractivity contribution in [1.82, 2.24) is 0 Å². The molecule has 288 valence electrons. The van der Waals surface area contributed by atoms with E-state index in [9.17, 15) is 14.4 Å². The molecule has 0 aromatic heterocycles. The number of unbranched alkanes of at least 4 members (excludes halogenated alkanes) is 11. The van der Waals surface area contributed by atoms with Gasteiger partial charge in [-0.25, -0.2) is 0 Å². The van der Waals surface area contributed by atoms with Gasteiger partial charge in [-0.05, 0) is 37.0 Å². The van der Waals surface area contributed by atoms with E-state index in [1.807, 2.05) is 0 Å². The van der Waals surface area contributed by atoms with Crippen molar-refractivity contribution >= 4 is 78.3 Å². The molecule has 0 rings (SSSR count). The van der Waals surface area contributed by atoms with Crippen LogP contribution in [0.5, 0.6) is 0 Å². The fraction of sp³-hybridized carbons (Fsp3) is 0.921. The van der Waals surface area contributed by atoms with E-state index in [-0.39, 0.29) is 0 Å². The Morgan fingerprint density at radius 2 is 0.667 bits per heavy atom. The van der Waals surface area contributed by atoms with Crippen molar-refractivity contribution in [3.8, 4) is 0 Å². The molecule has 0 aromatic carbocycles. The van der Waals surface area contributed by atoms with Crippen LogP contribution in [0.25, 0.3) is 0 Å². The summed E-state index contributed by atoms with van der Waals surface area (Å²) in [6, 6.07) is 0. The summed E-state index contributed by atoms with van der Waals surface area (Å²) in [5.74, 6) is -0.129. The first-order chi connectivity index (χ1) is 22.5. The Morgan fingerprint density at radius 1 is 0.438 bits per heavy atom. The second-order valence-electron chi connectivity index (χ2n) is 14.2. The van der Waals surface area contributed by atoms with Gasteiger partial charge >= 0.3 is 90.3 Å². The van der Waals surface area contributed by atoms with Crippen LogP contribution in [0.15, 0.2) is 0 Å². The Morgan fingerprint density at radius 3 is 0.896 bits per heavy atom. The molecule has 0 aliphatic carbocycles. The van der Waals surface area contributed by atoms with Crippen LogP contribution in [-0.2, 0) is 14.4 Å². The molecule has 2 radical (unpaired) electrons. The number of rotatable bonds is 27. The Bertz CT molecular complexity index is 623. The molecule has 0 spiro atoms. The molecule has 48 heavy (non-hydrogen) atoms. The summed E-state index contributed by atoms with van der Waals surface area (Å²) in [5.41, 5.74) is 0. The third kappa shape index (κ3) is 53.1. The van der Waals surface area contributed by atoms with Crippen molar-refractivity contribution in [2.75, 3.05) is 0 Å². The van der Waals surface area contributed by atoms with Crippen molar-refractivity contribution in [3.05, 3.63) is 0 Å². The molecule has 0 bridgehead atoms. The number of aliphatic carboxylic acids is 3. The van der Waals surface area contributed by atoms with Crippen LogP contribution >= 0.6 is 37.9 Å². The number of carboxylic acids is 3. The minimum absolute atomic E-state index is 0.473. The third-order valence-corrected chi connectivity index (χ3v) is 10.3. The zero-order chi connectivity index (χ0) is 37.8. The molecular weight excluding hydrogens is 767 g/mol. The summed E-state index contributed by atoms with van der Waals surface area (Å²) in [5, 5.41) is 24.2. The maximum absolute atomic E-state index is 10.4. The van der Waals surface area contributed by atoms with Crippen LogP contribution in [0.2, 0.25) is 4.44 Å². The number of thiol groups is 3. The zero-order valence-electron chi connectivity index (χ0n) is 32.0. The summed E-state index contributed by atoms with van der Waals surface area (Å²) >= 11 is 13.4. The van der Waals surface area contributed by atoms with Crippen molar-refractivity contribution < 1.29 is 29.7 Å². The normalized spacial score (nSPS) is 12.6. The number of hydrogen-bond acceptors (Lipinski definition) is 6. The second kappa shape index (κ2) is 41.7. The van der Waals surface area contributed by atoms with Gasteiger partial charge in [0.15, 0.2) is 0 Å². The Labute approximate surface area is 327 Å². The molecule has 0 fully saturated rings. The van der Waals surface area contributed by atoms with Crippen LogP contribution in [0, 0.1) is 17.8 Å². The predicted octanol–water partition coefficient (Wildman–Crippen LogP) is 11.6. The van der Waals surface area contributed by atoms with Gasteiger partial charge in [-0.15, -0.1) is 0 Å².